The molecule has 0 atom stereocenters. The van der Waals surface area contributed by atoms with E-state index in [2.05, 4.69) is 15.3 Å². The van der Waals surface area contributed by atoms with Crippen LogP contribution in [0.15, 0.2) is 9.95 Å². The van der Waals surface area contributed by atoms with Gasteiger partial charge in [0.15, 0.2) is 5.16 Å². The van der Waals surface area contributed by atoms with Crippen molar-refractivity contribution in [3.63, 3.8) is 0 Å². The SMILES string of the molecule is CSc1nc2c(c(=O)[nH]1)CCN2. The molecule has 64 valence electrons. The molecule has 1 aromatic rings. The van der Waals surface area contributed by atoms with Crippen LogP contribution in [0.5, 0.6) is 0 Å². The fraction of sp³-hybridized carbons (Fsp3) is 0.429. The van der Waals surface area contributed by atoms with E-state index in [1.54, 1.807) is 0 Å². The van der Waals surface area contributed by atoms with E-state index in [0.29, 0.717) is 5.16 Å². The molecule has 1 aliphatic rings. The third-order valence-corrected chi connectivity index (χ3v) is 2.43. The van der Waals surface area contributed by atoms with E-state index in [0.717, 1.165) is 24.3 Å². The summed E-state index contributed by atoms with van der Waals surface area (Å²) in [5.41, 5.74) is 0.780. The summed E-state index contributed by atoms with van der Waals surface area (Å²) in [6, 6.07) is 0. The molecule has 2 N–H and O–H groups in total. The highest BCUT2D eigenvalue weighted by molar-refractivity contribution is 7.98. The van der Waals surface area contributed by atoms with Gasteiger partial charge in [0.1, 0.15) is 5.82 Å². The molecule has 5 heteroatoms. The Morgan fingerprint density at radius 1 is 1.58 bits per heavy atom. The van der Waals surface area contributed by atoms with E-state index in [1.165, 1.54) is 11.8 Å². The molecule has 12 heavy (non-hydrogen) atoms. The quantitative estimate of drug-likeness (QED) is 0.490. The van der Waals surface area contributed by atoms with Crippen LogP contribution in [0.1, 0.15) is 5.56 Å². The smallest absolute Gasteiger partial charge is 0.256 e. The number of aromatic amines is 1. The minimum atomic E-state index is -0.00523. The molecule has 2 heterocycles. The molecule has 1 aliphatic heterocycles. The molecule has 0 bridgehead atoms. The van der Waals surface area contributed by atoms with Crippen LogP contribution in [0.2, 0.25) is 0 Å². The highest BCUT2D eigenvalue weighted by atomic mass is 32.2. The lowest BCUT2D eigenvalue weighted by atomic mass is 10.3. The average Bonchev–Trinajstić information content (AvgIpc) is 2.52. The average molecular weight is 183 g/mol. The fourth-order valence-corrected chi connectivity index (χ4v) is 1.64. The summed E-state index contributed by atoms with van der Waals surface area (Å²) in [5.74, 6) is 0.753. The fourth-order valence-electron chi connectivity index (χ4n) is 1.26. The van der Waals surface area contributed by atoms with Crippen molar-refractivity contribution in [3.8, 4) is 0 Å². The van der Waals surface area contributed by atoms with Gasteiger partial charge in [-0.2, -0.15) is 0 Å². The number of thioether (sulfide) groups is 1. The maximum atomic E-state index is 11.3. The molecule has 0 unspecified atom stereocenters. The lowest BCUT2D eigenvalue weighted by Crippen LogP contribution is -2.13. The second-order valence-corrected chi connectivity index (χ2v) is 3.37. The zero-order chi connectivity index (χ0) is 8.55. The zero-order valence-electron chi connectivity index (χ0n) is 6.68. The van der Waals surface area contributed by atoms with Gasteiger partial charge in [-0.15, -0.1) is 0 Å². The summed E-state index contributed by atoms with van der Waals surface area (Å²) in [4.78, 5) is 18.3. The van der Waals surface area contributed by atoms with E-state index < -0.39 is 0 Å². The molecule has 2 rings (SSSR count). The molecule has 0 radical (unpaired) electrons. The monoisotopic (exact) mass is 183 g/mol. The van der Waals surface area contributed by atoms with Crippen LogP contribution in [0.4, 0.5) is 5.82 Å². The Morgan fingerprint density at radius 3 is 3.17 bits per heavy atom. The molecule has 1 aromatic heterocycles. The Kier molecular flexibility index (Phi) is 1.80. The van der Waals surface area contributed by atoms with Crippen molar-refractivity contribution in [1.82, 2.24) is 9.97 Å². The standard InChI is InChI=1S/C7H9N3OS/c1-12-7-9-5-4(2-3-8-5)6(11)10-7/h2-3H2,1H3,(H2,8,9,10,11). The molecule has 0 amide bonds. The molecule has 4 nitrogen and oxygen atoms in total. The first-order valence-electron chi connectivity index (χ1n) is 3.72. The Balaban J connectivity index is 2.59. The molecule has 0 fully saturated rings. The molecular formula is C7H9N3OS. The van der Waals surface area contributed by atoms with Gasteiger partial charge in [-0.25, -0.2) is 4.98 Å². The Labute approximate surface area is 73.8 Å². The first-order chi connectivity index (χ1) is 5.81. The van der Waals surface area contributed by atoms with Crippen molar-refractivity contribution in [2.75, 3.05) is 18.1 Å². The van der Waals surface area contributed by atoms with Crippen molar-refractivity contribution < 1.29 is 0 Å². The lowest BCUT2D eigenvalue weighted by molar-refractivity contribution is 0.928. The maximum Gasteiger partial charge on any atom is 0.256 e. The first-order valence-corrected chi connectivity index (χ1v) is 4.95. The molecule has 0 aliphatic carbocycles. The highest BCUT2D eigenvalue weighted by Gasteiger charge is 2.15. The van der Waals surface area contributed by atoms with Crippen LogP contribution in [0.3, 0.4) is 0 Å². The third kappa shape index (κ3) is 1.10. The first kappa shape index (κ1) is 7.67. The summed E-state index contributed by atoms with van der Waals surface area (Å²) < 4.78 is 0. The van der Waals surface area contributed by atoms with E-state index in [9.17, 15) is 4.79 Å². The zero-order valence-corrected chi connectivity index (χ0v) is 7.49. The van der Waals surface area contributed by atoms with Gasteiger partial charge in [0.25, 0.3) is 5.56 Å². The number of anilines is 1. The maximum absolute atomic E-state index is 11.3. The predicted molar refractivity (Wildman–Crippen MR) is 48.8 cm³/mol. The summed E-state index contributed by atoms with van der Waals surface area (Å²) in [5, 5.41) is 3.75. The van der Waals surface area contributed by atoms with Crippen LogP contribution in [-0.2, 0) is 6.42 Å². The topological polar surface area (TPSA) is 57.8 Å². The number of nitrogens with zero attached hydrogens (tertiary/aromatic N) is 1. The molecule has 0 aromatic carbocycles. The van der Waals surface area contributed by atoms with Gasteiger partial charge >= 0.3 is 0 Å². The number of hydrogen-bond donors (Lipinski definition) is 2. The summed E-state index contributed by atoms with van der Waals surface area (Å²) in [6.07, 6.45) is 2.67. The number of H-pyrrole nitrogens is 1. The molecule has 0 saturated carbocycles. The van der Waals surface area contributed by atoms with Gasteiger partial charge in [0.05, 0.1) is 5.56 Å². The Hall–Kier alpha value is -0.970. The number of fused-ring (bicyclic) bond motifs is 1. The number of hydrogen-bond acceptors (Lipinski definition) is 4. The van der Waals surface area contributed by atoms with E-state index >= 15 is 0 Å². The van der Waals surface area contributed by atoms with Crippen LogP contribution >= 0.6 is 11.8 Å². The van der Waals surface area contributed by atoms with Gasteiger partial charge in [-0.3, -0.25) is 4.79 Å². The second kappa shape index (κ2) is 2.82. The summed E-state index contributed by atoms with van der Waals surface area (Å²) >= 11 is 1.44. The summed E-state index contributed by atoms with van der Waals surface area (Å²) in [6.45, 7) is 0.823. The van der Waals surface area contributed by atoms with Gasteiger partial charge < -0.3 is 10.3 Å². The minimum Gasteiger partial charge on any atom is -0.369 e. The van der Waals surface area contributed by atoms with Crippen molar-refractivity contribution >= 4 is 17.6 Å². The minimum absolute atomic E-state index is 0.00523. The number of aromatic nitrogens is 2. The Bertz CT molecular complexity index is 360. The van der Waals surface area contributed by atoms with Crippen LogP contribution < -0.4 is 10.9 Å². The predicted octanol–water partition coefficient (Wildman–Crippen LogP) is 0.460. The van der Waals surface area contributed by atoms with E-state index in [-0.39, 0.29) is 5.56 Å². The van der Waals surface area contributed by atoms with Crippen molar-refractivity contribution in [2.45, 2.75) is 11.6 Å². The third-order valence-electron chi connectivity index (χ3n) is 1.85. The van der Waals surface area contributed by atoms with Gasteiger partial charge in [0, 0.05) is 6.54 Å². The molecule has 0 spiro atoms. The number of nitrogens with one attached hydrogen (secondary N) is 2. The van der Waals surface area contributed by atoms with Crippen LogP contribution in [-0.4, -0.2) is 22.8 Å². The highest BCUT2D eigenvalue weighted by Crippen LogP contribution is 2.17. The van der Waals surface area contributed by atoms with Crippen molar-refractivity contribution in [3.05, 3.63) is 15.9 Å². The largest absolute Gasteiger partial charge is 0.369 e. The number of rotatable bonds is 1. The van der Waals surface area contributed by atoms with E-state index in [4.69, 9.17) is 0 Å². The van der Waals surface area contributed by atoms with Crippen molar-refractivity contribution in [1.29, 1.82) is 0 Å². The van der Waals surface area contributed by atoms with Crippen molar-refractivity contribution in [2.24, 2.45) is 0 Å². The Morgan fingerprint density at radius 2 is 2.42 bits per heavy atom. The molecular weight excluding hydrogens is 174 g/mol. The van der Waals surface area contributed by atoms with E-state index in [1.807, 2.05) is 6.26 Å². The van der Waals surface area contributed by atoms with Gasteiger partial charge in [0.2, 0.25) is 0 Å². The van der Waals surface area contributed by atoms with Crippen LogP contribution in [0, 0.1) is 0 Å². The van der Waals surface area contributed by atoms with Gasteiger partial charge in [-0.1, -0.05) is 11.8 Å². The normalized spacial score (nSPS) is 14.1. The van der Waals surface area contributed by atoms with Gasteiger partial charge in [-0.05, 0) is 12.7 Å². The summed E-state index contributed by atoms with van der Waals surface area (Å²) in [7, 11) is 0. The van der Waals surface area contributed by atoms with Crippen LogP contribution in [0.25, 0.3) is 0 Å². The lowest BCUT2D eigenvalue weighted by Gasteiger charge is -1.99. The second-order valence-electron chi connectivity index (χ2n) is 2.58. The molecule has 0 saturated heterocycles.